The van der Waals surface area contributed by atoms with E-state index in [1.54, 1.807) is 13.8 Å². The lowest BCUT2D eigenvalue weighted by Gasteiger charge is -2.09. The van der Waals surface area contributed by atoms with E-state index in [9.17, 15) is 18.0 Å². The van der Waals surface area contributed by atoms with Gasteiger partial charge in [0.05, 0.1) is 10.6 Å². The average Bonchev–Trinajstić information content (AvgIpc) is 2.86. The van der Waals surface area contributed by atoms with Crippen LogP contribution in [0.2, 0.25) is 5.02 Å². The summed E-state index contributed by atoms with van der Waals surface area (Å²) < 4.78 is 43.5. The van der Waals surface area contributed by atoms with E-state index < -0.39 is 11.7 Å². The van der Waals surface area contributed by atoms with Crippen LogP contribution < -0.4 is 0 Å². The first kappa shape index (κ1) is 15.6. The van der Waals surface area contributed by atoms with Crippen molar-refractivity contribution in [3.63, 3.8) is 0 Å². The fourth-order valence-corrected chi connectivity index (χ4v) is 2.00. The number of carbonyl (C=O) groups is 1. The highest BCUT2D eigenvalue weighted by Gasteiger charge is 2.31. The van der Waals surface area contributed by atoms with Crippen molar-refractivity contribution in [1.29, 1.82) is 0 Å². The standard InChI is InChI=1S/C15H12ClF3O2/c1-8(2)14(20)13-6-5-12(21-13)10-7-9(15(17,18)19)3-4-11(10)16/h3-8H,1-2H3. The molecule has 112 valence electrons. The summed E-state index contributed by atoms with van der Waals surface area (Å²) >= 11 is 5.92. The Kier molecular flexibility index (Phi) is 4.14. The van der Waals surface area contributed by atoms with Crippen molar-refractivity contribution in [1.82, 2.24) is 0 Å². The number of halogens is 4. The molecule has 0 aliphatic rings. The molecule has 0 unspecified atom stereocenters. The summed E-state index contributed by atoms with van der Waals surface area (Å²) in [5, 5.41) is 0.126. The summed E-state index contributed by atoms with van der Waals surface area (Å²) in [6.45, 7) is 3.42. The van der Waals surface area contributed by atoms with Crippen molar-refractivity contribution >= 4 is 17.4 Å². The van der Waals surface area contributed by atoms with Gasteiger partial charge in [0.2, 0.25) is 5.78 Å². The molecule has 0 radical (unpaired) electrons. The van der Waals surface area contributed by atoms with Crippen molar-refractivity contribution in [3.8, 4) is 11.3 Å². The van der Waals surface area contributed by atoms with E-state index in [-0.39, 0.29) is 33.8 Å². The molecule has 1 aromatic heterocycles. The molecular weight excluding hydrogens is 305 g/mol. The summed E-state index contributed by atoms with van der Waals surface area (Å²) in [4.78, 5) is 11.8. The van der Waals surface area contributed by atoms with Crippen LogP contribution in [-0.2, 0) is 6.18 Å². The Morgan fingerprint density at radius 1 is 1.19 bits per heavy atom. The van der Waals surface area contributed by atoms with Gasteiger partial charge < -0.3 is 4.42 Å². The smallest absolute Gasteiger partial charge is 0.416 e. The van der Waals surface area contributed by atoms with E-state index in [0.29, 0.717) is 0 Å². The van der Waals surface area contributed by atoms with Gasteiger partial charge in [0.1, 0.15) is 5.76 Å². The maximum atomic E-state index is 12.7. The quantitative estimate of drug-likeness (QED) is 0.704. The summed E-state index contributed by atoms with van der Waals surface area (Å²) in [5.41, 5.74) is -0.718. The predicted octanol–water partition coefficient (Wildman–Crippen LogP) is 5.46. The molecule has 1 heterocycles. The van der Waals surface area contributed by atoms with E-state index in [4.69, 9.17) is 16.0 Å². The molecule has 1 aromatic carbocycles. The number of furan rings is 1. The summed E-state index contributed by atoms with van der Waals surface area (Å²) in [7, 11) is 0. The fraction of sp³-hybridized carbons (Fsp3) is 0.267. The van der Waals surface area contributed by atoms with Crippen LogP contribution in [0, 0.1) is 5.92 Å². The van der Waals surface area contributed by atoms with Gasteiger partial charge >= 0.3 is 6.18 Å². The molecule has 0 saturated carbocycles. The summed E-state index contributed by atoms with van der Waals surface area (Å²) in [6, 6.07) is 5.84. The number of hydrogen-bond donors (Lipinski definition) is 0. The second kappa shape index (κ2) is 5.56. The first-order valence-corrected chi connectivity index (χ1v) is 6.59. The van der Waals surface area contributed by atoms with E-state index >= 15 is 0 Å². The number of benzene rings is 1. The lowest BCUT2D eigenvalue weighted by atomic mass is 10.1. The summed E-state index contributed by atoms with van der Waals surface area (Å²) in [5.74, 6) is -0.242. The van der Waals surface area contributed by atoms with E-state index in [2.05, 4.69) is 0 Å². The number of rotatable bonds is 3. The Morgan fingerprint density at radius 3 is 2.43 bits per heavy atom. The minimum absolute atomic E-state index is 0.105. The Labute approximate surface area is 124 Å². The molecule has 21 heavy (non-hydrogen) atoms. The van der Waals surface area contributed by atoms with Gasteiger partial charge in [-0.05, 0) is 30.3 Å². The normalized spacial score (nSPS) is 12.0. The first-order valence-electron chi connectivity index (χ1n) is 6.21. The highest BCUT2D eigenvalue weighted by molar-refractivity contribution is 6.33. The fourth-order valence-electron chi connectivity index (χ4n) is 1.79. The van der Waals surface area contributed by atoms with Crippen LogP contribution in [0.3, 0.4) is 0 Å². The van der Waals surface area contributed by atoms with Gasteiger partial charge in [-0.1, -0.05) is 25.4 Å². The molecule has 0 saturated heterocycles. The lowest BCUT2D eigenvalue weighted by Crippen LogP contribution is -2.05. The number of hydrogen-bond acceptors (Lipinski definition) is 2. The zero-order chi connectivity index (χ0) is 15.8. The molecule has 0 atom stereocenters. The van der Waals surface area contributed by atoms with Crippen molar-refractivity contribution in [2.75, 3.05) is 0 Å². The Morgan fingerprint density at radius 2 is 1.86 bits per heavy atom. The van der Waals surface area contributed by atoms with Gasteiger partial charge in [0, 0.05) is 11.5 Å². The lowest BCUT2D eigenvalue weighted by molar-refractivity contribution is -0.137. The molecule has 0 N–H and O–H groups in total. The van der Waals surface area contributed by atoms with Gasteiger partial charge in [-0.25, -0.2) is 0 Å². The summed E-state index contributed by atoms with van der Waals surface area (Å²) in [6.07, 6.45) is -4.47. The van der Waals surface area contributed by atoms with Crippen molar-refractivity contribution in [2.45, 2.75) is 20.0 Å². The maximum absolute atomic E-state index is 12.7. The number of carbonyl (C=O) groups excluding carboxylic acids is 1. The third kappa shape index (κ3) is 3.29. The molecule has 2 aromatic rings. The van der Waals surface area contributed by atoms with Crippen molar-refractivity contribution < 1.29 is 22.4 Å². The van der Waals surface area contributed by atoms with E-state index in [0.717, 1.165) is 18.2 Å². The topological polar surface area (TPSA) is 30.2 Å². The van der Waals surface area contributed by atoms with Gasteiger partial charge in [-0.3, -0.25) is 4.79 Å². The molecule has 0 aliphatic carbocycles. The second-order valence-corrected chi connectivity index (χ2v) is 5.28. The van der Waals surface area contributed by atoms with Crippen LogP contribution in [0.15, 0.2) is 34.7 Å². The molecule has 2 nitrogen and oxygen atoms in total. The molecule has 0 amide bonds. The van der Waals surface area contributed by atoms with Crippen molar-refractivity contribution in [3.05, 3.63) is 46.7 Å². The SMILES string of the molecule is CC(C)C(=O)c1ccc(-c2cc(C(F)(F)F)ccc2Cl)o1. The zero-order valence-electron chi connectivity index (χ0n) is 11.3. The van der Waals surface area contributed by atoms with E-state index in [1.165, 1.54) is 12.1 Å². The van der Waals surface area contributed by atoms with Crippen LogP contribution in [0.25, 0.3) is 11.3 Å². The van der Waals surface area contributed by atoms with Gasteiger partial charge in [0.15, 0.2) is 5.76 Å². The number of Topliss-reactive ketones (excluding diaryl/α,β-unsaturated/α-hetero) is 1. The highest BCUT2D eigenvalue weighted by atomic mass is 35.5. The highest BCUT2D eigenvalue weighted by Crippen LogP contribution is 2.36. The Balaban J connectivity index is 2.45. The molecule has 0 spiro atoms. The van der Waals surface area contributed by atoms with Gasteiger partial charge in [-0.2, -0.15) is 13.2 Å². The van der Waals surface area contributed by atoms with Crippen LogP contribution in [-0.4, -0.2) is 5.78 Å². The molecule has 0 aliphatic heterocycles. The van der Waals surface area contributed by atoms with Gasteiger partial charge in [0.25, 0.3) is 0 Å². The molecule has 0 bridgehead atoms. The number of alkyl halides is 3. The van der Waals surface area contributed by atoms with Crippen LogP contribution >= 0.6 is 11.6 Å². The van der Waals surface area contributed by atoms with Crippen LogP contribution in [0.5, 0.6) is 0 Å². The number of ketones is 1. The third-order valence-corrected chi connectivity index (χ3v) is 3.26. The predicted molar refractivity (Wildman–Crippen MR) is 73.3 cm³/mol. The molecule has 0 fully saturated rings. The maximum Gasteiger partial charge on any atom is 0.416 e. The minimum atomic E-state index is -4.47. The Bertz CT molecular complexity index is 672. The zero-order valence-corrected chi connectivity index (χ0v) is 12.0. The molecule has 2 rings (SSSR count). The Hall–Kier alpha value is -1.75. The van der Waals surface area contributed by atoms with Crippen molar-refractivity contribution in [2.24, 2.45) is 5.92 Å². The second-order valence-electron chi connectivity index (χ2n) is 4.88. The first-order chi connectivity index (χ1) is 9.70. The van der Waals surface area contributed by atoms with Crippen LogP contribution in [0.1, 0.15) is 30.0 Å². The third-order valence-electron chi connectivity index (χ3n) is 2.93. The molecule has 6 heteroatoms. The monoisotopic (exact) mass is 316 g/mol. The largest absolute Gasteiger partial charge is 0.453 e. The molecular formula is C15H12ClF3O2. The average molecular weight is 317 g/mol. The van der Waals surface area contributed by atoms with E-state index in [1.807, 2.05) is 0 Å². The van der Waals surface area contributed by atoms with Gasteiger partial charge in [-0.15, -0.1) is 0 Å². The van der Waals surface area contributed by atoms with Crippen LogP contribution in [0.4, 0.5) is 13.2 Å². The minimum Gasteiger partial charge on any atom is -0.453 e.